The molecule has 2 aromatic rings. The predicted octanol–water partition coefficient (Wildman–Crippen LogP) is 3.70. The predicted molar refractivity (Wildman–Crippen MR) is 116 cm³/mol. The monoisotopic (exact) mass is 463 g/mol. The summed E-state index contributed by atoms with van der Waals surface area (Å²) in [4.78, 5) is 40.4. The molecule has 3 rings (SSSR count). The third-order valence-electron chi connectivity index (χ3n) is 5.20. The van der Waals surface area contributed by atoms with Crippen LogP contribution in [0, 0.1) is 0 Å². The lowest BCUT2D eigenvalue weighted by Crippen LogP contribution is -2.46. The Hall–Kier alpha value is -3.56. The van der Waals surface area contributed by atoms with Crippen LogP contribution in [0.4, 0.5) is 24.5 Å². The number of fused-ring (bicyclic) bond motifs is 1. The largest absolute Gasteiger partial charge is 0.479 e. The Labute approximate surface area is 189 Å². The van der Waals surface area contributed by atoms with E-state index in [1.807, 2.05) is 0 Å². The summed E-state index contributed by atoms with van der Waals surface area (Å²) in [6.07, 6.45) is -5.38. The molecular weight excluding hydrogens is 439 g/mol. The number of hydrogen-bond donors (Lipinski definition) is 1. The molecule has 33 heavy (non-hydrogen) atoms. The highest BCUT2D eigenvalue weighted by atomic mass is 19.4. The second kappa shape index (κ2) is 9.93. The molecule has 7 nitrogen and oxygen atoms in total. The summed E-state index contributed by atoms with van der Waals surface area (Å²) >= 11 is 0. The quantitative estimate of drug-likeness (QED) is 0.679. The lowest BCUT2D eigenvalue weighted by molar-refractivity contribution is -0.137. The van der Waals surface area contributed by atoms with Gasteiger partial charge >= 0.3 is 6.18 Å². The van der Waals surface area contributed by atoms with Gasteiger partial charge in [0.1, 0.15) is 5.75 Å². The third kappa shape index (κ3) is 5.63. The molecule has 0 saturated carbocycles. The van der Waals surface area contributed by atoms with Crippen LogP contribution < -0.4 is 15.0 Å². The molecule has 0 aliphatic carbocycles. The van der Waals surface area contributed by atoms with Gasteiger partial charge < -0.3 is 19.9 Å². The molecule has 0 saturated heterocycles. The van der Waals surface area contributed by atoms with Crippen molar-refractivity contribution in [3.05, 3.63) is 54.1 Å². The second-order valence-corrected chi connectivity index (χ2v) is 7.47. The first-order valence-electron chi connectivity index (χ1n) is 10.4. The van der Waals surface area contributed by atoms with Crippen molar-refractivity contribution in [2.75, 3.05) is 29.9 Å². The number of carbonyl (C=O) groups is 3. The second-order valence-electron chi connectivity index (χ2n) is 7.47. The van der Waals surface area contributed by atoms with Crippen LogP contribution in [0.3, 0.4) is 0 Å². The number of para-hydroxylation sites is 3. The zero-order chi connectivity index (χ0) is 24.2. The first-order valence-corrected chi connectivity index (χ1v) is 10.4. The minimum absolute atomic E-state index is 0.0624. The van der Waals surface area contributed by atoms with Gasteiger partial charge in [-0.25, -0.2) is 0 Å². The highest BCUT2D eigenvalue weighted by Crippen LogP contribution is 2.35. The number of likely N-dealkylation sites (N-methyl/N-ethyl adjacent to an activating group) is 1. The van der Waals surface area contributed by atoms with E-state index < -0.39 is 36.2 Å². The van der Waals surface area contributed by atoms with Crippen LogP contribution in [0.1, 0.15) is 25.8 Å². The van der Waals surface area contributed by atoms with Crippen LogP contribution in [0.5, 0.6) is 5.75 Å². The van der Waals surface area contributed by atoms with E-state index in [1.165, 1.54) is 21.9 Å². The number of anilines is 2. The molecule has 1 N–H and O–H groups in total. The lowest BCUT2D eigenvalue weighted by Gasteiger charge is -2.33. The molecule has 0 radical (unpaired) electrons. The van der Waals surface area contributed by atoms with E-state index in [0.29, 0.717) is 11.4 Å². The van der Waals surface area contributed by atoms with E-state index in [2.05, 4.69) is 5.32 Å². The Morgan fingerprint density at radius 1 is 1.12 bits per heavy atom. The smallest absolute Gasteiger partial charge is 0.418 e. The van der Waals surface area contributed by atoms with E-state index in [-0.39, 0.29) is 31.1 Å². The van der Waals surface area contributed by atoms with Gasteiger partial charge in [0.2, 0.25) is 11.8 Å². The maximum atomic E-state index is 13.1. The maximum Gasteiger partial charge on any atom is 0.418 e. The van der Waals surface area contributed by atoms with Crippen molar-refractivity contribution in [1.29, 1.82) is 0 Å². The normalized spacial score (nSPS) is 15.5. The van der Waals surface area contributed by atoms with Gasteiger partial charge in [-0.05, 0) is 38.1 Å². The minimum atomic E-state index is -4.62. The summed E-state index contributed by atoms with van der Waals surface area (Å²) in [6.45, 7) is 3.13. The van der Waals surface area contributed by atoms with Gasteiger partial charge in [-0.1, -0.05) is 24.3 Å². The first kappa shape index (κ1) is 24.1. The molecule has 0 bridgehead atoms. The molecule has 3 amide bonds. The van der Waals surface area contributed by atoms with Gasteiger partial charge in [0.15, 0.2) is 6.10 Å². The lowest BCUT2D eigenvalue weighted by atomic mass is 10.1. The topological polar surface area (TPSA) is 79.0 Å². The summed E-state index contributed by atoms with van der Waals surface area (Å²) in [7, 11) is 0. The summed E-state index contributed by atoms with van der Waals surface area (Å²) in [5, 5.41) is 2.23. The van der Waals surface area contributed by atoms with E-state index in [1.54, 1.807) is 38.1 Å². The summed E-state index contributed by atoms with van der Waals surface area (Å²) in [5.41, 5.74) is -0.785. The van der Waals surface area contributed by atoms with Crippen molar-refractivity contribution in [2.45, 2.75) is 32.5 Å². The van der Waals surface area contributed by atoms with Crippen molar-refractivity contribution in [3.63, 3.8) is 0 Å². The van der Waals surface area contributed by atoms with Gasteiger partial charge in [-0.15, -0.1) is 0 Å². The highest BCUT2D eigenvalue weighted by molar-refractivity contribution is 6.00. The average Bonchev–Trinajstić information content (AvgIpc) is 2.77. The fourth-order valence-electron chi connectivity index (χ4n) is 3.53. The van der Waals surface area contributed by atoms with Crippen molar-refractivity contribution in [1.82, 2.24) is 4.90 Å². The number of halogens is 3. The van der Waals surface area contributed by atoms with Crippen LogP contribution in [-0.2, 0) is 20.6 Å². The molecule has 1 atom stereocenters. The molecule has 176 valence electrons. The van der Waals surface area contributed by atoms with Gasteiger partial charge in [-0.3, -0.25) is 14.4 Å². The average molecular weight is 463 g/mol. The third-order valence-corrected chi connectivity index (χ3v) is 5.20. The Kier molecular flexibility index (Phi) is 7.25. The Morgan fingerprint density at radius 3 is 2.48 bits per heavy atom. The van der Waals surface area contributed by atoms with Crippen molar-refractivity contribution in [2.24, 2.45) is 0 Å². The van der Waals surface area contributed by atoms with Crippen LogP contribution in [0.25, 0.3) is 0 Å². The molecule has 1 aliphatic heterocycles. The van der Waals surface area contributed by atoms with Crippen LogP contribution >= 0.6 is 0 Å². The highest BCUT2D eigenvalue weighted by Gasteiger charge is 2.34. The molecule has 1 aliphatic rings. The van der Waals surface area contributed by atoms with E-state index in [9.17, 15) is 27.6 Å². The van der Waals surface area contributed by atoms with Crippen LogP contribution in [0.15, 0.2) is 48.5 Å². The maximum absolute atomic E-state index is 13.1. The number of ether oxygens (including phenoxy) is 1. The number of amides is 3. The van der Waals surface area contributed by atoms with E-state index >= 15 is 0 Å². The molecule has 10 heteroatoms. The zero-order valence-corrected chi connectivity index (χ0v) is 18.2. The van der Waals surface area contributed by atoms with Gasteiger partial charge in [0, 0.05) is 19.5 Å². The Balaban J connectivity index is 1.63. The van der Waals surface area contributed by atoms with E-state index in [4.69, 9.17) is 4.74 Å². The Bertz CT molecular complexity index is 1040. The standard InChI is InChI=1S/C23H24F3N3O4/c1-3-28(14-20(30)27-17-9-5-4-8-16(17)23(24,25)26)21(31)12-13-29-18-10-6-7-11-19(18)33-15(2)22(29)32/h4-11,15H,3,12-14H2,1-2H3,(H,27,30). The van der Waals surface area contributed by atoms with Crippen molar-refractivity contribution in [3.8, 4) is 5.75 Å². The van der Waals surface area contributed by atoms with Crippen molar-refractivity contribution >= 4 is 29.1 Å². The molecule has 2 aromatic carbocycles. The number of alkyl halides is 3. The van der Waals surface area contributed by atoms with E-state index in [0.717, 1.165) is 12.1 Å². The zero-order valence-electron chi connectivity index (χ0n) is 18.2. The number of nitrogens with zero attached hydrogens (tertiary/aromatic N) is 2. The number of carbonyl (C=O) groups excluding carboxylic acids is 3. The number of hydrogen-bond acceptors (Lipinski definition) is 4. The van der Waals surface area contributed by atoms with Crippen LogP contribution in [0.2, 0.25) is 0 Å². The van der Waals surface area contributed by atoms with Gasteiger partial charge in [-0.2, -0.15) is 13.2 Å². The molecular formula is C23H24F3N3O4. The van der Waals surface area contributed by atoms with Crippen LogP contribution in [-0.4, -0.2) is 48.4 Å². The Morgan fingerprint density at radius 2 is 1.79 bits per heavy atom. The number of nitrogens with one attached hydrogen (secondary N) is 1. The number of benzene rings is 2. The fraction of sp³-hybridized carbons (Fsp3) is 0.348. The summed E-state index contributed by atoms with van der Waals surface area (Å²) in [5.74, 6) is -0.900. The van der Waals surface area contributed by atoms with Gasteiger partial charge in [0.05, 0.1) is 23.5 Å². The summed E-state index contributed by atoms with van der Waals surface area (Å²) in [6, 6.07) is 11.6. The first-order chi connectivity index (χ1) is 15.6. The molecule has 0 aromatic heterocycles. The van der Waals surface area contributed by atoms with Crippen molar-refractivity contribution < 1.29 is 32.3 Å². The molecule has 1 heterocycles. The molecule has 0 fully saturated rings. The number of rotatable bonds is 7. The minimum Gasteiger partial charge on any atom is -0.479 e. The molecule has 0 spiro atoms. The van der Waals surface area contributed by atoms with Gasteiger partial charge in [0.25, 0.3) is 5.91 Å². The fourth-order valence-corrected chi connectivity index (χ4v) is 3.53. The molecule has 1 unspecified atom stereocenters. The SMILES string of the molecule is CCN(CC(=O)Nc1ccccc1C(F)(F)F)C(=O)CCN1C(=O)C(C)Oc2ccccc21. The summed E-state index contributed by atoms with van der Waals surface area (Å²) < 4.78 is 45.0.